The van der Waals surface area contributed by atoms with E-state index in [1.807, 2.05) is 6.92 Å². The van der Waals surface area contributed by atoms with Gasteiger partial charge in [0.1, 0.15) is 5.82 Å². The predicted octanol–water partition coefficient (Wildman–Crippen LogP) is 3.00. The number of aromatic nitrogens is 1. The molecule has 1 N–H and O–H groups in total. The topological polar surface area (TPSA) is 85.7 Å². The molecule has 8 heteroatoms. The molecule has 0 saturated heterocycles. The minimum absolute atomic E-state index is 0.00644. The van der Waals surface area contributed by atoms with E-state index in [0.717, 1.165) is 5.56 Å². The monoisotopic (exact) mass is 405 g/mol. The Morgan fingerprint density at radius 1 is 1.11 bits per heavy atom. The first kappa shape index (κ1) is 20.2. The van der Waals surface area contributed by atoms with Gasteiger partial charge in [0.05, 0.1) is 30.2 Å². The summed E-state index contributed by atoms with van der Waals surface area (Å²) in [5.41, 5.74) is 1.42. The van der Waals surface area contributed by atoms with Crippen molar-refractivity contribution >= 4 is 21.0 Å². The summed E-state index contributed by atoms with van der Waals surface area (Å²) in [7, 11) is -2.57. The molecule has 0 aliphatic rings. The van der Waals surface area contributed by atoms with Crippen LogP contribution in [-0.4, -0.2) is 38.3 Å². The molecule has 2 aromatic carbocycles. The van der Waals surface area contributed by atoms with Crippen molar-refractivity contribution in [3.63, 3.8) is 0 Å². The Kier molecular flexibility index (Phi) is 5.93. The second kappa shape index (κ2) is 8.22. The Morgan fingerprint density at radius 3 is 2.46 bits per heavy atom. The summed E-state index contributed by atoms with van der Waals surface area (Å²) in [5.74, 6) is -0.235. The number of aliphatic hydroxyl groups excluding tert-OH is 1. The molecule has 0 fully saturated rings. The van der Waals surface area contributed by atoms with Crippen LogP contribution in [-0.2, 0) is 20.7 Å². The number of hydrogen-bond donors (Lipinski definition) is 1. The molecule has 1 aromatic heterocycles. The molecule has 0 aliphatic heterocycles. The van der Waals surface area contributed by atoms with Gasteiger partial charge in [-0.3, -0.25) is 4.18 Å². The van der Waals surface area contributed by atoms with Crippen LogP contribution in [0.15, 0.2) is 53.4 Å². The molecule has 3 aromatic rings. The Labute approximate surface area is 162 Å². The molecule has 28 heavy (non-hydrogen) atoms. The maximum absolute atomic E-state index is 14.3. The van der Waals surface area contributed by atoms with Gasteiger partial charge < -0.3 is 9.84 Å². The van der Waals surface area contributed by atoms with E-state index in [4.69, 9.17) is 8.92 Å². The van der Waals surface area contributed by atoms with Crippen molar-refractivity contribution in [1.29, 1.82) is 0 Å². The van der Waals surface area contributed by atoms with Crippen LogP contribution in [0.5, 0.6) is 5.88 Å². The number of methoxy groups -OCH3 is 1. The van der Waals surface area contributed by atoms with Crippen LogP contribution < -0.4 is 4.74 Å². The highest BCUT2D eigenvalue weighted by Crippen LogP contribution is 2.24. The second-order valence-electron chi connectivity index (χ2n) is 6.36. The third-order valence-electron chi connectivity index (χ3n) is 4.26. The van der Waals surface area contributed by atoms with Gasteiger partial charge in [-0.2, -0.15) is 8.42 Å². The molecular formula is C20H20FNO5S. The van der Waals surface area contributed by atoms with Crippen LogP contribution in [0.2, 0.25) is 0 Å². The van der Waals surface area contributed by atoms with Crippen LogP contribution in [0, 0.1) is 12.7 Å². The summed E-state index contributed by atoms with van der Waals surface area (Å²) in [6.07, 6.45) is -1.40. The fourth-order valence-electron chi connectivity index (χ4n) is 2.75. The largest absolute Gasteiger partial charge is 0.481 e. The Balaban J connectivity index is 1.77. The normalized spacial score (nSPS) is 12.9. The Morgan fingerprint density at radius 2 is 1.79 bits per heavy atom. The number of benzene rings is 2. The summed E-state index contributed by atoms with van der Waals surface area (Å²) in [5, 5.41) is 10.9. The van der Waals surface area contributed by atoms with Gasteiger partial charge in [-0.15, -0.1) is 0 Å². The average Bonchev–Trinajstić information content (AvgIpc) is 2.68. The van der Waals surface area contributed by atoms with E-state index in [-0.39, 0.29) is 16.9 Å². The van der Waals surface area contributed by atoms with E-state index in [1.54, 1.807) is 30.3 Å². The van der Waals surface area contributed by atoms with E-state index in [9.17, 15) is 17.9 Å². The summed E-state index contributed by atoms with van der Waals surface area (Å²) in [4.78, 5) is 4.23. The number of fused-ring (bicyclic) bond motifs is 1. The maximum atomic E-state index is 14.3. The van der Waals surface area contributed by atoms with Gasteiger partial charge >= 0.3 is 0 Å². The van der Waals surface area contributed by atoms with Gasteiger partial charge in [0.25, 0.3) is 10.1 Å². The van der Waals surface area contributed by atoms with Crippen LogP contribution in [0.25, 0.3) is 10.9 Å². The van der Waals surface area contributed by atoms with Gasteiger partial charge in [-0.05, 0) is 37.3 Å². The average molecular weight is 405 g/mol. The van der Waals surface area contributed by atoms with E-state index in [1.165, 1.54) is 25.3 Å². The number of nitrogens with zero attached hydrogens (tertiary/aromatic N) is 1. The summed E-state index contributed by atoms with van der Waals surface area (Å²) >= 11 is 0. The third-order valence-corrected chi connectivity index (χ3v) is 5.55. The lowest BCUT2D eigenvalue weighted by molar-refractivity contribution is 0.110. The summed E-state index contributed by atoms with van der Waals surface area (Å²) in [6.45, 7) is 1.33. The fourth-order valence-corrected chi connectivity index (χ4v) is 3.69. The van der Waals surface area contributed by atoms with Crippen LogP contribution >= 0.6 is 0 Å². The number of rotatable bonds is 7. The van der Waals surface area contributed by atoms with Gasteiger partial charge in [0.15, 0.2) is 0 Å². The van der Waals surface area contributed by atoms with Crippen molar-refractivity contribution in [3.8, 4) is 5.88 Å². The first-order valence-corrected chi connectivity index (χ1v) is 9.97. The molecule has 1 unspecified atom stereocenters. The first-order chi connectivity index (χ1) is 13.3. The van der Waals surface area contributed by atoms with E-state index in [2.05, 4.69) is 4.98 Å². The number of aliphatic hydroxyl groups is 1. The van der Waals surface area contributed by atoms with Crippen LogP contribution in [0.4, 0.5) is 4.39 Å². The number of pyridine rings is 1. The van der Waals surface area contributed by atoms with Crippen molar-refractivity contribution in [3.05, 3.63) is 65.5 Å². The number of hydrogen-bond acceptors (Lipinski definition) is 6. The Bertz CT molecular complexity index is 1080. The molecule has 3 rings (SSSR count). The van der Waals surface area contributed by atoms with Crippen molar-refractivity contribution < 1.29 is 26.8 Å². The molecule has 1 atom stereocenters. The Hall–Kier alpha value is -2.55. The molecule has 0 saturated carbocycles. The lowest BCUT2D eigenvalue weighted by atomic mass is 10.0. The molecule has 0 spiro atoms. The molecule has 1 heterocycles. The second-order valence-corrected chi connectivity index (χ2v) is 7.98. The minimum Gasteiger partial charge on any atom is -0.481 e. The predicted molar refractivity (Wildman–Crippen MR) is 102 cm³/mol. The van der Waals surface area contributed by atoms with Crippen LogP contribution in [0.1, 0.15) is 11.1 Å². The standard InChI is InChI=1S/C20H20FNO5S/c1-13-3-7-16(8-4-13)28(24,25)27-12-15(23)11-17-18(21)9-5-14-6-10-19(26-2)22-20(14)17/h3-10,15,23H,11-12H2,1-2H3. The zero-order valence-electron chi connectivity index (χ0n) is 15.4. The van der Waals surface area contributed by atoms with Crippen LogP contribution in [0.3, 0.4) is 0 Å². The molecule has 0 aliphatic carbocycles. The SMILES string of the molecule is COc1ccc2ccc(F)c(CC(O)COS(=O)(=O)c3ccc(C)cc3)c2n1. The van der Waals surface area contributed by atoms with Crippen molar-refractivity contribution in [1.82, 2.24) is 4.98 Å². The molecule has 0 bridgehead atoms. The number of halogens is 1. The van der Waals surface area contributed by atoms with Gasteiger partial charge in [0.2, 0.25) is 5.88 Å². The van der Waals surface area contributed by atoms with Gasteiger partial charge in [0, 0.05) is 23.4 Å². The zero-order valence-corrected chi connectivity index (χ0v) is 16.2. The van der Waals surface area contributed by atoms with Gasteiger partial charge in [-0.1, -0.05) is 17.7 Å². The molecule has 0 amide bonds. The third kappa shape index (κ3) is 4.46. The van der Waals surface area contributed by atoms with E-state index in [0.29, 0.717) is 16.8 Å². The molecular weight excluding hydrogens is 385 g/mol. The zero-order chi connectivity index (χ0) is 20.3. The number of ether oxygens (including phenoxy) is 1. The lowest BCUT2D eigenvalue weighted by Gasteiger charge is -2.14. The highest BCUT2D eigenvalue weighted by molar-refractivity contribution is 7.86. The highest BCUT2D eigenvalue weighted by atomic mass is 32.2. The van der Waals surface area contributed by atoms with E-state index < -0.39 is 28.6 Å². The molecule has 148 valence electrons. The fraction of sp³-hybridized carbons (Fsp3) is 0.250. The smallest absolute Gasteiger partial charge is 0.297 e. The van der Waals surface area contributed by atoms with Crippen molar-refractivity contribution in [2.75, 3.05) is 13.7 Å². The lowest BCUT2D eigenvalue weighted by Crippen LogP contribution is -2.22. The molecule has 6 nitrogen and oxygen atoms in total. The van der Waals surface area contributed by atoms with Crippen molar-refractivity contribution in [2.45, 2.75) is 24.3 Å². The minimum atomic E-state index is -4.02. The first-order valence-electron chi connectivity index (χ1n) is 8.56. The van der Waals surface area contributed by atoms with Gasteiger partial charge in [-0.25, -0.2) is 9.37 Å². The quantitative estimate of drug-likeness (QED) is 0.608. The summed E-state index contributed by atoms with van der Waals surface area (Å²) < 4.78 is 48.8. The number of aryl methyl sites for hydroxylation is 1. The van der Waals surface area contributed by atoms with E-state index >= 15 is 0 Å². The summed E-state index contributed by atoms with van der Waals surface area (Å²) in [6, 6.07) is 12.4. The maximum Gasteiger partial charge on any atom is 0.297 e. The highest BCUT2D eigenvalue weighted by Gasteiger charge is 2.20. The molecule has 0 radical (unpaired) electrons. The van der Waals surface area contributed by atoms with Crippen molar-refractivity contribution in [2.24, 2.45) is 0 Å².